The van der Waals surface area contributed by atoms with Gasteiger partial charge in [-0.25, -0.2) is 13.8 Å². The minimum Gasteiger partial charge on any atom is -0.457 e. The largest absolute Gasteiger partial charge is 0.503 e. The Morgan fingerprint density at radius 2 is 1.01 bits per heavy atom. The average Bonchev–Trinajstić information content (AvgIpc) is 1.76. The van der Waals surface area contributed by atoms with Gasteiger partial charge in [-0.1, -0.05) is 171 Å². The average molecular weight is 1120 g/mol. The van der Waals surface area contributed by atoms with Crippen molar-refractivity contribution in [3.63, 3.8) is 0 Å². The van der Waals surface area contributed by atoms with Crippen molar-refractivity contribution in [2.75, 3.05) is 0 Å². The Balaban J connectivity index is 1.22. The molecule has 426 valence electrons. The van der Waals surface area contributed by atoms with Crippen LogP contribution in [0.5, 0.6) is 11.5 Å². The molecule has 0 fully saturated rings. The normalized spacial score (nSPS) is 12.9. The molecule has 0 unspecified atom stereocenters. The first kappa shape index (κ1) is 57.6. The highest BCUT2D eigenvalue weighted by Gasteiger charge is 2.41. The monoisotopic (exact) mass is 1110 g/mol. The molecule has 2 aromatic heterocycles. The second kappa shape index (κ2) is 22.1. The lowest BCUT2D eigenvalue weighted by atomic mass is 9.81. The number of benzene rings is 8. The second-order valence-corrected chi connectivity index (χ2v) is 26.8. The number of hydrogen-bond donors (Lipinski definition) is 0. The van der Waals surface area contributed by atoms with Crippen LogP contribution in [0.4, 0.5) is 31.5 Å². The van der Waals surface area contributed by atoms with E-state index in [1.165, 1.54) is 51.1 Å². The fourth-order valence-electron chi connectivity index (χ4n) is 12.0. The first-order valence-electron chi connectivity index (χ1n) is 30.1. The van der Waals surface area contributed by atoms with Crippen LogP contribution in [-0.4, -0.2) is 15.6 Å². The number of ether oxygens (including phenoxy) is 1. The van der Waals surface area contributed by atoms with E-state index in [0.717, 1.165) is 78.7 Å². The SMILES string of the molecule is CC(C)c1cc(-c2cc(C(C)(C)C)cc(-c3cc(F)cc(F)c3)c2[N+]2=C=[N+](c3cc(Oc4ccc5c6ccccc6n(-c6cc(C(C)(C)C)ccn6)c5c4)cc(-c4c(C(C)C)cc(C(C)C)cc4C(C)C)c3)c3ccccc32)cc(C(C)C)c1. The van der Waals surface area contributed by atoms with Crippen molar-refractivity contribution in [1.29, 1.82) is 0 Å². The summed E-state index contributed by atoms with van der Waals surface area (Å²) in [5.74, 6) is 2.18. The molecule has 7 heteroatoms. The van der Waals surface area contributed by atoms with E-state index in [1.807, 2.05) is 12.3 Å². The van der Waals surface area contributed by atoms with Gasteiger partial charge in [0, 0.05) is 47.3 Å². The lowest BCUT2D eigenvalue weighted by Crippen LogP contribution is -2.13. The third-order valence-electron chi connectivity index (χ3n) is 16.9. The standard InChI is InChI=1S/C77H80F2N4O/c1-45(2)50-29-51(46(3)4)31-53(30-50)67-38-57(77(14,15)16)39-68(54-32-58(78)41-59(79)33-54)75(67)82-44-81(70-23-19-20-24-71(70)82)60-34-55(74-65(48(7)8)36-52(47(5)6)37-66(74)49(9)10)35-62(42-60)84-61-25-26-64-63-21-17-18-22-69(63)83(72(64)43-61)73-40-56(27-28-80-73)76(11,12)13/h17-43,45-49H,1-16H3/q+2. The third-order valence-corrected chi connectivity index (χ3v) is 16.9. The Kier molecular flexibility index (Phi) is 15.1. The summed E-state index contributed by atoms with van der Waals surface area (Å²) in [5, 5.41) is 2.24. The summed E-state index contributed by atoms with van der Waals surface area (Å²) >= 11 is 0. The van der Waals surface area contributed by atoms with E-state index in [1.54, 1.807) is 0 Å². The molecule has 1 aliphatic heterocycles. The molecule has 3 heterocycles. The van der Waals surface area contributed by atoms with Crippen LogP contribution >= 0.6 is 0 Å². The van der Waals surface area contributed by atoms with Gasteiger partial charge in [-0.3, -0.25) is 4.57 Å². The van der Waals surface area contributed by atoms with Crippen LogP contribution < -0.4 is 13.9 Å². The minimum absolute atomic E-state index is 0.0751. The topological polar surface area (TPSA) is 33.1 Å². The van der Waals surface area contributed by atoms with Crippen LogP contribution in [0.25, 0.3) is 61.0 Å². The van der Waals surface area contributed by atoms with Gasteiger partial charge in [0.25, 0.3) is 11.4 Å². The van der Waals surface area contributed by atoms with Crippen molar-refractivity contribution < 1.29 is 13.5 Å². The molecule has 0 amide bonds. The molecule has 5 nitrogen and oxygen atoms in total. The maximum absolute atomic E-state index is 15.8. The zero-order valence-corrected chi connectivity index (χ0v) is 51.9. The lowest BCUT2D eigenvalue weighted by Gasteiger charge is -2.23. The zero-order chi connectivity index (χ0) is 59.8. The van der Waals surface area contributed by atoms with Crippen molar-refractivity contribution in [3.05, 3.63) is 215 Å². The van der Waals surface area contributed by atoms with E-state index in [-0.39, 0.29) is 34.5 Å². The molecule has 0 bridgehead atoms. The molecule has 0 saturated carbocycles. The first-order valence-corrected chi connectivity index (χ1v) is 30.1. The summed E-state index contributed by atoms with van der Waals surface area (Å²) in [6, 6.07) is 58.1. The van der Waals surface area contributed by atoms with Gasteiger partial charge < -0.3 is 4.74 Å². The highest BCUT2D eigenvalue weighted by molar-refractivity contribution is 6.09. The number of fused-ring (bicyclic) bond motifs is 4. The van der Waals surface area contributed by atoms with Crippen LogP contribution in [0.2, 0.25) is 0 Å². The van der Waals surface area contributed by atoms with Gasteiger partial charge in [-0.05, 0) is 171 Å². The van der Waals surface area contributed by atoms with Crippen LogP contribution in [0.15, 0.2) is 164 Å². The van der Waals surface area contributed by atoms with Crippen molar-refractivity contribution >= 4 is 50.6 Å². The van der Waals surface area contributed by atoms with Gasteiger partial charge >= 0.3 is 6.01 Å². The molecule has 1 aliphatic rings. The minimum atomic E-state index is -0.640. The van der Waals surface area contributed by atoms with Crippen LogP contribution in [0.3, 0.4) is 0 Å². The molecule has 10 aromatic rings. The molecular formula is C77H80F2N4O+2. The van der Waals surface area contributed by atoms with Gasteiger partial charge in [0.2, 0.25) is 11.4 Å². The predicted octanol–water partition coefficient (Wildman–Crippen LogP) is 22.3. The first-order chi connectivity index (χ1) is 39.8. The second-order valence-electron chi connectivity index (χ2n) is 26.8. The lowest BCUT2D eigenvalue weighted by molar-refractivity contribution is 0.483. The molecule has 0 atom stereocenters. The number of halogens is 2. The third kappa shape index (κ3) is 11.0. The van der Waals surface area contributed by atoms with Crippen molar-refractivity contribution in [2.45, 2.75) is 151 Å². The Bertz CT molecular complexity index is 4230. The predicted molar refractivity (Wildman–Crippen MR) is 350 cm³/mol. The maximum Gasteiger partial charge on any atom is 0.503 e. The quantitative estimate of drug-likeness (QED) is 0.108. The highest BCUT2D eigenvalue weighted by Crippen LogP contribution is 2.50. The number of rotatable bonds is 13. The number of hydrogen-bond acceptors (Lipinski definition) is 2. The summed E-state index contributed by atoms with van der Waals surface area (Å²) < 4.78 is 45.3. The molecule has 0 spiro atoms. The maximum atomic E-state index is 15.8. The van der Waals surface area contributed by atoms with Crippen LogP contribution in [0, 0.1) is 11.6 Å². The van der Waals surface area contributed by atoms with Crippen molar-refractivity contribution in [1.82, 2.24) is 18.7 Å². The van der Waals surface area contributed by atoms with Gasteiger partial charge in [0.1, 0.15) is 29.0 Å². The summed E-state index contributed by atoms with van der Waals surface area (Å²) in [7, 11) is 0. The van der Waals surface area contributed by atoms with Crippen molar-refractivity contribution in [3.8, 4) is 50.7 Å². The molecule has 0 saturated heterocycles. The van der Waals surface area contributed by atoms with E-state index in [0.29, 0.717) is 28.5 Å². The number of pyridine rings is 1. The van der Waals surface area contributed by atoms with Gasteiger partial charge in [-0.2, -0.15) is 0 Å². The Morgan fingerprint density at radius 3 is 1.60 bits per heavy atom. The molecule has 8 aromatic carbocycles. The Morgan fingerprint density at radius 1 is 0.464 bits per heavy atom. The summed E-state index contributed by atoms with van der Waals surface area (Å²) in [4.78, 5) is 4.98. The van der Waals surface area contributed by atoms with Gasteiger partial charge in [-0.15, -0.1) is 0 Å². The fraction of sp³-hybridized carbons (Fsp3) is 0.299. The van der Waals surface area contributed by atoms with E-state index in [9.17, 15) is 0 Å². The zero-order valence-electron chi connectivity index (χ0n) is 51.9. The van der Waals surface area contributed by atoms with E-state index in [4.69, 9.17) is 9.72 Å². The van der Waals surface area contributed by atoms with E-state index >= 15 is 8.78 Å². The molecule has 0 aliphatic carbocycles. The number of aromatic nitrogens is 2. The van der Waals surface area contributed by atoms with Gasteiger partial charge in [0.15, 0.2) is 0 Å². The molecule has 84 heavy (non-hydrogen) atoms. The van der Waals surface area contributed by atoms with Gasteiger partial charge in [0.05, 0.1) is 28.2 Å². The Hall–Kier alpha value is -8.25. The van der Waals surface area contributed by atoms with Crippen LogP contribution in [-0.2, 0) is 10.8 Å². The summed E-state index contributed by atoms with van der Waals surface area (Å²) in [6.45, 7) is 35.9. The summed E-state index contributed by atoms with van der Waals surface area (Å²) in [5.41, 5.74) is 18.9. The Labute approximate surface area is 496 Å². The van der Waals surface area contributed by atoms with E-state index < -0.39 is 11.6 Å². The highest BCUT2D eigenvalue weighted by atomic mass is 19.1. The number of nitrogens with zero attached hydrogens (tertiary/aromatic N) is 4. The smallest absolute Gasteiger partial charge is 0.457 e. The molecular weight excluding hydrogens is 1030 g/mol. The van der Waals surface area contributed by atoms with Crippen molar-refractivity contribution in [2.24, 2.45) is 0 Å². The summed E-state index contributed by atoms with van der Waals surface area (Å²) in [6.07, 6.45) is 1.91. The van der Waals surface area contributed by atoms with E-state index in [2.05, 4.69) is 264 Å². The molecule has 0 N–H and O–H groups in total. The molecule has 11 rings (SSSR count). The van der Waals surface area contributed by atoms with Crippen LogP contribution in [0.1, 0.15) is 179 Å². The number of para-hydroxylation sites is 3. The molecule has 0 radical (unpaired) electrons. The fourth-order valence-corrected chi connectivity index (χ4v) is 12.0.